The summed E-state index contributed by atoms with van der Waals surface area (Å²) in [5.41, 5.74) is 0.797. The van der Waals surface area contributed by atoms with Crippen LogP contribution in [0.4, 0.5) is 0 Å². The molecule has 18 heavy (non-hydrogen) atoms. The number of fused-ring (bicyclic) bond motifs is 3. The summed E-state index contributed by atoms with van der Waals surface area (Å²) in [5.74, 6) is 0.572. The smallest absolute Gasteiger partial charge is 0.226 e. The van der Waals surface area contributed by atoms with Gasteiger partial charge in [-0.15, -0.1) is 0 Å². The second-order valence-corrected chi connectivity index (χ2v) is 7.04. The van der Waals surface area contributed by atoms with Gasteiger partial charge in [0.15, 0.2) is 0 Å². The minimum atomic E-state index is 0.169. The maximum Gasteiger partial charge on any atom is 0.226 e. The molecule has 1 amide bonds. The molecule has 1 saturated heterocycles. The van der Waals surface area contributed by atoms with Crippen LogP contribution in [0, 0.1) is 11.3 Å². The van der Waals surface area contributed by atoms with Crippen LogP contribution < -0.4 is 5.32 Å². The molecule has 3 heteroatoms. The highest BCUT2D eigenvalue weighted by atomic mass is 16.2. The third kappa shape index (κ3) is 1.97. The maximum atomic E-state index is 12.2. The monoisotopic (exact) mass is 250 g/mol. The van der Waals surface area contributed by atoms with E-state index in [1.807, 2.05) is 0 Å². The summed E-state index contributed by atoms with van der Waals surface area (Å²) in [6.07, 6.45) is 8.96. The normalized spacial score (nSPS) is 40.6. The van der Waals surface area contributed by atoms with E-state index in [9.17, 15) is 4.79 Å². The van der Waals surface area contributed by atoms with Gasteiger partial charge in [-0.3, -0.25) is 4.79 Å². The van der Waals surface area contributed by atoms with Crippen LogP contribution in [0.2, 0.25) is 0 Å². The lowest BCUT2D eigenvalue weighted by Crippen LogP contribution is -2.61. The van der Waals surface area contributed by atoms with Gasteiger partial charge in [0.05, 0.1) is 5.92 Å². The van der Waals surface area contributed by atoms with E-state index < -0.39 is 0 Å². The third-order valence-electron chi connectivity index (χ3n) is 5.97. The molecule has 102 valence electrons. The molecule has 0 unspecified atom stereocenters. The minimum Gasteiger partial charge on any atom is -0.350 e. The fraction of sp³-hybridized carbons (Fsp3) is 0.933. The fourth-order valence-electron chi connectivity index (χ4n) is 4.21. The number of amides is 1. The Kier molecular flexibility index (Phi) is 2.92. The van der Waals surface area contributed by atoms with Crippen molar-refractivity contribution in [2.75, 3.05) is 20.1 Å². The van der Waals surface area contributed by atoms with Crippen molar-refractivity contribution >= 4 is 5.91 Å². The van der Waals surface area contributed by atoms with Crippen LogP contribution in [-0.2, 0) is 4.79 Å². The van der Waals surface area contributed by atoms with E-state index in [-0.39, 0.29) is 11.5 Å². The first-order chi connectivity index (χ1) is 8.56. The highest BCUT2D eigenvalue weighted by molar-refractivity contribution is 5.80. The molecule has 0 aromatic carbocycles. The van der Waals surface area contributed by atoms with Gasteiger partial charge in [0.2, 0.25) is 5.91 Å². The van der Waals surface area contributed by atoms with Crippen LogP contribution >= 0.6 is 0 Å². The molecule has 4 rings (SSSR count). The summed E-state index contributed by atoms with van der Waals surface area (Å²) in [4.78, 5) is 14.4. The average Bonchev–Trinajstić information content (AvgIpc) is 2.37. The predicted octanol–water partition coefficient (Wildman–Crippen LogP) is 2.17. The van der Waals surface area contributed by atoms with Gasteiger partial charge in [-0.2, -0.15) is 0 Å². The summed E-state index contributed by atoms with van der Waals surface area (Å²) >= 11 is 0. The lowest BCUT2D eigenvalue weighted by Gasteiger charge is -2.54. The molecule has 0 aromatic heterocycles. The highest BCUT2D eigenvalue weighted by Crippen LogP contribution is 2.54. The van der Waals surface area contributed by atoms with Gasteiger partial charge >= 0.3 is 0 Å². The van der Waals surface area contributed by atoms with Crippen LogP contribution in [0.5, 0.6) is 0 Å². The zero-order valence-electron chi connectivity index (χ0n) is 11.8. The molecule has 0 radical (unpaired) electrons. The molecule has 1 aliphatic heterocycles. The molecule has 3 nitrogen and oxygen atoms in total. The van der Waals surface area contributed by atoms with Crippen molar-refractivity contribution in [1.82, 2.24) is 10.2 Å². The SMILES string of the molecule is CCC12CCC(NC(=O)C3CN(C)C3)(CC1)CC2. The lowest BCUT2D eigenvalue weighted by atomic mass is 9.56. The number of carbonyl (C=O) groups is 1. The van der Waals surface area contributed by atoms with E-state index in [0.717, 1.165) is 13.1 Å². The number of hydrogen-bond donors (Lipinski definition) is 1. The number of likely N-dealkylation sites (tertiary alicyclic amines) is 1. The van der Waals surface area contributed by atoms with Crippen LogP contribution in [0.3, 0.4) is 0 Å². The standard InChI is InChI=1S/C15H26N2O/c1-3-14-4-7-15(8-5-14,9-6-14)16-13(18)12-10-17(2)11-12/h12H,3-11H2,1-2H3,(H,16,18). The molecule has 3 aliphatic carbocycles. The quantitative estimate of drug-likeness (QED) is 0.832. The zero-order chi connectivity index (χ0) is 12.8. The van der Waals surface area contributed by atoms with Gasteiger partial charge in [-0.25, -0.2) is 0 Å². The van der Waals surface area contributed by atoms with Gasteiger partial charge in [0.1, 0.15) is 0 Å². The number of carbonyl (C=O) groups excluding carboxylic acids is 1. The second-order valence-electron chi connectivity index (χ2n) is 7.04. The lowest BCUT2D eigenvalue weighted by molar-refractivity contribution is -0.134. The van der Waals surface area contributed by atoms with Crippen LogP contribution in [0.15, 0.2) is 0 Å². The molecule has 0 spiro atoms. The average molecular weight is 250 g/mol. The Morgan fingerprint density at radius 2 is 1.72 bits per heavy atom. The van der Waals surface area contributed by atoms with Gasteiger partial charge in [0, 0.05) is 18.6 Å². The van der Waals surface area contributed by atoms with Crippen LogP contribution in [0.25, 0.3) is 0 Å². The van der Waals surface area contributed by atoms with E-state index in [0.29, 0.717) is 11.3 Å². The maximum absolute atomic E-state index is 12.2. The van der Waals surface area contributed by atoms with Crippen molar-refractivity contribution in [2.45, 2.75) is 57.4 Å². The van der Waals surface area contributed by atoms with Crippen LogP contribution in [-0.4, -0.2) is 36.5 Å². The Morgan fingerprint density at radius 1 is 1.17 bits per heavy atom. The second kappa shape index (κ2) is 4.22. The molecular weight excluding hydrogens is 224 g/mol. The van der Waals surface area contributed by atoms with Crippen molar-refractivity contribution in [3.05, 3.63) is 0 Å². The fourth-order valence-corrected chi connectivity index (χ4v) is 4.21. The molecule has 1 N–H and O–H groups in total. The van der Waals surface area contributed by atoms with Crippen molar-refractivity contribution in [2.24, 2.45) is 11.3 Å². The summed E-state index contributed by atoms with van der Waals surface area (Å²) in [7, 11) is 2.08. The molecule has 3 saturated carbocycles. The van der Waals surface area contributed by atoms with Crippen LogP contribution in [0.1, 0.15) is 51.9 Å². The zero-order valence-corrected chi connectivity index (χ0v) is 11.8. The molecule has 4 aliphatic rings. The van der Waals surface area contributed by atoms with E-state index in [1.54, 1.807) is 0 Å². The summed E-state index contributed by atoms with van der Waals surface area (Å²) in [6, 6.07) is 0. The largest absolute Gasteiger partial charge is 0.350 e. The number of nitrogens with zero attached hydrogens (tertiary/aromatic N) is 1. The van der Waals surface area contributed by atoms with Crippen molar-refractivity contribution in [3.63, 3.8) is 0 Å². The first-order valence-corrected chi connectivity index (χ1v) is 7.57. The summed E-state index contributed by atoms with van der Waals surface area (Å²) < 4.78 is 0. The Bertz CT molecular complexity index is 322. The summed E-state index contributed by atoms with van der Waals surface area (Å²) in [5, 5.41) is 3.42. The number of hydrogen-bond acceptors (Lipinski definition) is 2. The van der Waals surface area contributed by atoms with Gasteiger partial charge < -0.3 is 10.2 Å². The molecule has 1 heterocycles. The van der Waals surface area contributed by atoms with E-state index >= 15 is 0 Å². The van der Waals surface area contributed by atoms with Crippen molar-refractivity contribution in [3.8, 4) is 0 Å². The van der Waals surface area contributed by atoms with Gasteiger partial charge in [-0.05, 0) is 51.0 Å². The molecule has 0 atom stereocenters. The topological polar surface area (TPSA) is 32.3 Å². The number of nitrogens with one attached hydrogen (secondary N) is 1. The first kappa shape index (κ1) is 12.5. The minimum absolute atomic E-state index is 0.169. The Labute approximate surface area is 110 Å². The van der Waals surface area contributed by atoms with Crippen molar-refractivity contribution in [1.29, 1.82) is 0 Å². The predicted molar refractivity (Wildman–Crippen MR) is 72.3 cm³/mol. The summed E-state index contributed by atoms with van der Waals surface area (Å²) in [6.45, 7) is 4.22. The Morgan fingerprint density at radius 3 is 2.17 bits per heavy atom. The first-order valence-electron chi connectivity index (χ1n) is 7.57. The molecule has 0 aromatic rings. The number of rotatable bonds is 3. The Balaban J connectivity index is 1.59. The molecule has 4 fully saturated rings. The van der Waals surface area contributed by atoms with Gasteiger partial charge in [0.25, 0.3) is 0 Å². The van der Waals surface area contributed by atoms with E-state index in [2.05, 4.69) is 24.2 Å². The van der Waals surface area contributed by atoms with E-state index in [1.165, 1.54) is 44.9 Å². The van der Waals surface area contributed by atoms with Gasteiger partial charge in [-0.1, -0.05) is 13.3 Å². The molecule has 2 bridgehead atoms. The third-order valence-corrected chi connectivity index (χ3v) is 5.97. The van der Waals surface area contributed by atoms with E-state index in [4.69, 9.17) is 0 Å². The highest BCUT2D eigenvalue weighted by Gasteiger charge is 2.49. The Hall–Kier alpha value is -0.570. The molecular formula is C15H26N2O. The van der Waals surface area contributed by atoms with Crippen molar-refractivity contribution < 1.29 is 4.79 Å².